The van der Waals surface area contributed by atoms with Crippen LogP contribution in [0.3, 0.4) is 0 Å². The first-order valence-electron chi connectivity index (χ1n) is 7.99. The Bertz CT molecular complexity index is 431. The van der Waals surface area contributed by atoms with Crippen LogP contribution in [0, 0.1) is 0 Å². The fourth-order valence-electron chi connectivity index (χ4n) is 3.72. The quantitative estimate of drug-likeness (QED) is 0.836. The number of hydrogen-bond donors (Lipinski definition) is 0. The molecule has 0 aromatic heterocycles. The third kappa shape index (κ3) is 3.19. The van der Waals surface area contributed by atoms with Crippen molar-refractivity contribution in [1.82, 2.24) is 9.80 Å². The summed E-state index contributed by atoms with van der Waals surface area (Å²) in [5, 5.41) is 0.831. The number of piperidine rings is 1. The van der Waals surface area contributed by atoms with Gasteiger partial charge >= 0.3 is 0 Å². The Morgan fingerprint density at radius 3 is 2.70 bits per heavy atom. The largest absolute Gasteiger partial charge is 0.298 e. The fourth-order valence-corrected chi connectivity index (χ4v) is 3.84. The number of piperazine rings is 1. The van der Waals surface area contributed by atoms with E-state index in [0.717, 1.165) is 17.6 Å². The Balaban J connectivity index is 1.68. The van der Waals surface area contributed by atoms with Crippen molar-refractivity contribution in [2.75, 3.05) is 19.6 Å². The highest BCUT2D eigenvalue weighted by molar-refractivity contribution is 6.30. The summed E-state index contributed by atoms with van der Waals surface area (Å²) in [5.74, 6) is 0. The summed E-state index contributed by atoms with van der Waals surface area (Å²) in [6.45, 7) is 7.20. The minimum absolute atomic E-state index is 0.708. The van der Waals surface area contributed by atoms with Gasteiger partial charge in [0.2, 0.25) is 0 Å². The lowest BCUT2D eigenvalue weighted by Crippen LogP contribution is -2.58. The lowest BCUT2D eigenvalue weighted by atomic mass is 9.95. The standard InChI is InChI=1S/C17H25ClN2/c1-2-16-12-19-10-4-3-5-17(19)13-20(16)11-14-6-8-15(18)9-7-14/h6-9,16-17H,2-5,10-13H2,1H3. The van der Waals surface area contributed by atoms with Gasteiger partial charge in [0.15, 0.2) is 0 Å². The van der Waals surface area contributed by atoms with Gasteiger partial charge < -0.3 is 0 Å². The number of rotatable bonds is 3. The Morgan fingerprint density at radius 2 is 1.95 bits per heavy atom. The van der Waals surface area contributed by atoms with Crippen molar-refractivity contribution in [3.63, 3.8) is 0 Å². The van der Waals surface area contributed by atoms with E-state index < -0.39 is 0 Å². The zero-order valence-corrected chi connectivity index (χ0v) is 13.1. The summed E-state index contributed by atoms with van der Waals surface area (Å²) < 4.78 is 0. The third-order valence-electron chi connectivity index (χ3n) is 4.93. The zero-order valence-electron chi connectivity index (χ0n) is 12.4. The van der Waals surface area contributed by atoms with Gasteiger partial charge in [-0.1, -0.05) is 37.1 Å². The molecule has 110 valence electrons. The first kappa shape index (κ1) is 14.4. The second-order valence-electron chi connectivity index (χ2n) is 6.26. The van der Waals surface area contributed by atoms with Crippen molar-refractivity contribution in [3.8, 4) is 0 Å². The van der Waals surface area contributed by atoms with Gasteiger partial charge in [-0.3, -0.25) is 9.80 Å². The number of fused-ring (bicyclic) bond motifs is 1. The molecule has 0 N–H and O–H groups in total. The van der Waals surface area contributed by atoms with Crippen LogP contribution < -0.4 is 0 Å². The fraction of sp³-hybridized carbons (Fsp3) is 0.647. The van der Waals surface area contributed by atoms with E-state index >= 15 is 0 Å². The normalized spacial score (nSPS) is 28.3. The maximum Gasteiger partial charge on any atom is 0.0406 e. The van der Waals surface area contributed by atoms with E-state index in [2.05, 4.69) is 28.9 Å². The lowest BCUT2D eigenvalue weighted by Gasteiger charge is -2.48. The number of nitrogens with zero attached hydrogens (tertiary/aromatic N) is 2. The Labute approximate surface area is 127 Å². The Hall–Kier alpha value is -0.570. The van der Waals surface area contributed by atoms with Crippen LogP contribution in [0.25, 0.3) is 0 Å². The highest BCUT2D eigenvalue weighted by Crippen LogP contribution is 2.26. The van der Waals surface area contributed by atoms with E-state index in [-0.39, 0.29) is 0 Å². The third-order valence-corrected chi connectivity index (χ3v) is 5.18. The second kappa shape index (κ2) is 6.46. The van der Waals surface area contributed by atoms with Gasteiger partial charge in [-0.2, -0.15) is 0 Å². The van der Waals surface area contributed by atoms with Gasteiger partial charge in [0.1, 0.15) is 0 Å². The highest BCUT2D eigenvalue weighted by Gasteiger charge is 2.33. The Morgan fingerprint density at radius 1 is 1.15 bits per heavy atom. The summed E-state index contributed by atoms with van der Waals surface area (Å²) in [6.07, 6.45) is 5.43. The average molecular weight is 293 g/mol. The molecule has 2 unspecified atom stereocenters. The average Bonchev–Trinajstić information content (AvgIpc) is 2.49. The van der Waals surface area contributed by atoms with Crippen LogP contribution >= 0.6 is 11.6 Å². The van der Waals surface area contributed by atoms with E-state index in [4.69, 9.17) is 11.6 Å². The summed E-state index contributed by atoms with van der Waals surface area (Å²) >= 11 is 5.98. The second-order valence-corrected chi connectivity index (χ2v) is 6.70. The molecule has 0 spiro atoms. The first-order chi connectivity index (χ1) is 9.76. The van der Waals surface area contributed by atoms with Crippen LogP contribution in [0.5, 0.6) is 0 Å². The molecule has 0 bridgehead atoms. The number of hydrogen-bond acceptors (Lipinski definition) is 2. The molecule has 0 saturated carbocycles. The van der Waals surface area contributed by atoms with Crippen LogP contribution in [0.4, 0.5) is 0 Å². The maximum absolute atomic E-state index is 5.98. The molecule has 0 aliphatic carbocycles. The molecule has 2 aliphatic rings. The van der Waals surface area contributed by atoms with E-state index in [9.17, 15) is 0 Å². The molecule has 20 heavy (non-hydrogen) atoms. The molecule has 3 heteroatoms. The van der Waals surface area contributed by atoms with Crippen LogP contribution in [-0.4, -0.2) is 41.5 Å². The van der Waals surface area contributed by atoms with Crippen molar-refractivity contribution < 1.29 is 0 Å². The predicted molar refractivity (Wildman–Crippen MR) is 85.2 cm³/mol. The van der Waals surface area contributed by atoms with E-state index in [1.165, 1.54) is 50.9 Å². The zero-order chi connectivity index (χ0) is 13.9. The molecule has 0 radical (unpaired) electrons. The SMILES string of the molecule is CCC1CN2CCCCC2CN1Cc1ccc(Cl)cc1. The molecular formula is C17H25ClN2. The minimum atomic E-state index is 0.708. The van der Waals surface area contributed by atoms with Crippen molar-refractivity contribution in [3.05, 3.63) is 34.9 Å². The first-order valence-corrected chi connectivity index (χ1v) is 8.36. The Kier molecular flexibility index (Phi) is 4.65. The summed E-state index contributed by atoms with van der Waals surface area (Å²) in [4.78, 5) is 5.42. The van der Waals surface area contributed by atoms with Gasteiger partial charge in [0.25, 0.3) is 0 Å². The van der Waals surface area contributed by atoms with E-state index in [0.29, 0.717) is 6.04 Å². The van der Waals surface area contributed by atoms with Crippen LogP contribution in [0.15, 0.2) is 24.3 Å². The molecular weight excluding hydrogens is 268 g/mol. The smallest absolute Gasteiger partial charge is 0.0406 e. The summed E-state index contributed by atoms with van der Waals surface area (Å²) in [5.41, 5.74) is 1.39. The molecule has 0 amide bonds. The van der Waals surface area contributed by atoms with E-state index in [1.807, 2.05) is 12.1 Å². The highest BCUT2D eigenvalue weighted by atomic mass is 35.5. The number of benzene rings is 1. The monoisotopic (exact) mass is 292 g/mol. The topological polar surface area (TPSA) is 6.48 Å². The van der Waals surface area contributed by atoms with Gasteiger partial charge in [-0.25, -0.2) is 0 Å². The number of halogens is 1. The van der Waals surface area contributed by atoms with Crippen molar-refractivity contribution >= 4 is 11.6 Å². The molecule has 2 atom stereocenters. The van der Waals surface area contributed by atoms with Gasteiger partial charge in [-0.15, -0.1) is 0 Å². The van der Waals surface area contributed by atoms with Gasteiger partial charge in [-0.05, 0) is 43.5 Å². The minimum Gasteiger partial charge on any atom is -0.298 e. The molecule has 2 fully saturated rings. The molecule has 3 rings (SSSR count). The molecule has 2 saturated heterocycles. The maximum atomic E-state index is 5.98. The van der Waals surface area contributed by atoms with Crippen molar-refractivity contribution in [2.24, 2.45) is 0 Å². The molecule has 2 nitrogen and oxygen atoms in total. The molecule has 1 aromatic carbocycles. The lowest BCUT2D eigenvalue weighted by molar-refractivity contribution is 0.00327. The van der Waals surface area contributed by atoms with Crippen LogP contribution in [-0.2, 0) is 6.54 Å². The van der Waals surface area contributed by atoms with Gasteiger partial charge in [0, 0.05) is 36.7 Å². The molecule has 2 heterocycles. The van der Waals surface area contributed by atoms with Crippen LogP contribution in [0.2, 0.25) is 5.02 Å². The summed E-state index contributed by atoms with van der Waals surface area (Å²) in [7, 11) is 0. The molecule has 2 aliphatic heterocycles. The predicted octanol–water partition coefficient (Wildman–Crippen LogP) is 3.79. The van der Waals surface area contributed by atoms with Crippen molar-refractivity contribution in [2.45, 2.75) is 51.2 Å². The molecule has 1 aromatic rings. The van der Waals surface area contributed by atoms with Crippen LogP contribution in [0.1, 0.15) is 38.2 Å². The summed E-state index contributed by atoms with van der Waals surface area (Å²) in [6, 6.07) is 9.85. The van der Waals surface area contributed by atoms with E-state index in [1.54, 1.807) is 0 Å². The van der Waals surface area contributed by atoms with Gasteiger partial charge in [0.05, 0.1) is 0 Å². The van der Waals surface area contributed by atoms with Crippen molar-refractivity contribution in [1.29, 1.82) is 0 Å².